The van der Waals surface area contributed by atoms with Crippen molar-refractivity contribution >= 4 is 12.0 Å². The fourth-order valence-electron chi connectivity index (χ4n) is 1.97. The van der Waals surface area contributed by atoms with E-state index in [2.05, 4.69) is 52.0 Å². The van der Waals surface area contributed by atoms with Crippen molar-refractivity contribution in [2.45, 2.75) is 46.5 Å². The van der Waals surface area contributed by atoms with Gasteiger partial charge in [0.2, 0.25) is 0 Å². The molecule has 1 aromatic rings. The van der Waals surface area contributed by atoms with E-state index in [1.165, 1.54) is 18.1 Å². The first kappa shape index (κ1) is 15.5. The highest BCUT2D eigenvalue weighted by molar-refractivity contribution is 5.66. The van der Waals surface area contributed by atoms with Gasteiger partial charge >= 0.3 is 5.97 Å². The van der Waals surface area contributed by atoms with Crippen molar-refractivity contribution in [3.05, 3.63) is 41.0 Å². The van der Waals surface area contributed by atoms with Crippen molar-refractivity contribution in [3.63, 3.8) is 0 Å². The molecule has 0 saturated carbocycles. The van der Waals surface area contributed by atoms with Crippen LogP contribution in [-0.4, -0.2) is 12.6 Å². The Morgan fingerprint density at radius 2 is 1.89 bits per heavy atom. The van der Waals surface area contributed by atoms with Gasteiger partial charge in [-0.15, -0.1) is 0 Å². The monoisotopic (exact) mass is 260 g/mol. The van der Waals surface area contributed by atoms with Gasteiger partial charge in [-0.25, -0.2) is 0 Å². The first-order valence-electron chi connectivity index (χ1n) is 6.77. The van der Waals surface area contributed by atoms with Gasteiger partial charge in [-0.1, -0.05) is 58.0 Å². The van der Waals surface area contributed by atoms with E-state index < -0.39 is 0 Å². The van der Waals surface area contributed by atoms with Crippen LogP contribution in [0.15, 0.2) is 29.8 Å². The van der Waals surface area contributed by atoms with Gasteiger partial charge in [0.05, 0.1) is 0 Å². The van der Waals surface area contributed by atoms with E-state index in [1.54, 1.807) is 0 Å². The second-order valence-corrected chi connectivity index (χ2v) is 5.77. The number of ether oxygens (including phenoxy) is 1. The van der Waals surface area contributed by atoms with Crippen LogP contribution in [0.4, 0.5) is 0 Å². The zero-order chi connectivity index (χ0) is 14.5. The van der Waals surface area contributed by atoms with E-state index in [4.69, 9.17) is 4.74 Å². The van der Waals surface area contributed by atoms with Gasteiger partial charge in [0.15, 0.2) is 0 Å². The van der Waals surface area contributed by atoms with E-state index >= 15 is 0 Å². The Morgan fingerprint density at radius 3 is 2.42 bits per heavy atom. The Balaban J connectivity index is 3.04. The normalized spacial score (nSPS) is 12.4. The number of hydrogen-bond acceptors (Lipinski definition) is 2. The number of esters is 1. The number of benzene rings is 1. The standard InChI is InChI=1S/C17H24O2/c1-6-14(12-19-13(2)18)11-15-9-7-8-10-16(15)17(3,4)5/h7-11H,6,12H2,1-5H3/b14-11+. The molecule has 0 amide bonds. The van der Waals surface area contributed by atoms with Crippen LogP contribution in [0.25, 0.3) is 6.08 Å². The Hall–Kier alpha value is -1.57. The second-order valence-electron chi connectivity index (χ2n) is 5.77. The Kier molecular flexibility index (Phi) is 5.34. The topological polar surface area (TPSA) is 26.3 Å². The third kappa shape index (κ3) is 4.90. The Morgan fingerprint density at radius 1 is 1.26 bits per heavy atom. The maximum atomic E-state index is 10.9. The van der Waals surface area contributed by atoms with Crippen LogP contribution >= 0.6 is 0 Å². The largest absolute Gasteiger partial charge is 0.461 e. The Bertz CT molecular complexity index is 464. The third-order valence-electron chi connectivity index (χ3n) is 3.04. The molecule has 2 nitrogen and oxygen atoms in total. The molecule has 0 atom stereocenters. The molecule has 0 fully saturated rings. The summed E-state index contributed by atoms with van der Waals surface area (Å²) in [5.74, 6) is -0.233. The molecule has 0 aliphatic heterocycles. The minimum Gasteiger partial charge on any atom is -0.461 e. The lowest BCUT2D eigenvalue weighted by atomic mass is 9.83. The Labute approximate surface area is 116 Å². The summed E-state index contributed by atoms with van der Waals surface area (Å²) in [5.41, 5.74) is 3.75. The molecule has 0 radical (unpaired) electrons. The second kappa shape index (κ2) is 6.55. The number of carbonyl (C=O) groups is 1. The van der Waals surface area contributed by atoms with Gasteiger partial charge in [0.1, 0.15) is 6.61 Å². The smallest absolute Gasteiger partial charge is 0.302 e. The average molecular weight is 260 g/mol. The molecule has 104 valence electrons. The summed E-state index contributed by atoms with van der Waals surface area (Å²) >= 11 is 0. The molecule has 0 bridgehead atoms. The van der Waals surface area contributed by atoms with Crippen molar-refractivity contribution in [3.8, 4) is 0 Å². The maximum absolute atomic E-state index is 10.9. The van der Waals surface area contributed by atoms with Crippen molar-refractivity contribution in [2.75, 3.05) is 6.61 Å². The van der Waals surface area contributed by atoms with Crippen LogP contribution in [0.5, 0.6) is 0 Å². The lowest BCUT2D eigenvalue weighted by Crippen LogP contribution is -2.13. The van der Waals surface area contributed by atoms with E-state index in [9.17, 15) is 4.79 Å². The van der Waals surface area contributed by atoms with Crippen LogP contribution in [-0.2, 0) is 14.9 Å². The van der Waals surface area contributed by atoms with Crippen molar-refractivity contribution in [1.29, 1.82) is 0 Å². The molecule has 0 aliphatic rings. The van der Waals surface area contributed by atoms with Crippen molar-refractivity contribution in [1.82, 2.24) is 0 Å². The summed E-state index contributed by atoms with van der Waals surface area (Å²) in [6.07, 6.45) is 3.02. The van der Waals surface area contributed by atoms with E-state index in [1.807, 2.05) is 6.07 Å². The molecule has 1 rings (SSSR count). The number of hydrogen-bond donors (Lipinski definition) is 0. The molecular weight excluding hydrogens is 236 g/mol. The average Bonchev–Trinajstić information content (AvgIpc) is 2.33. The van der Waals surface area contributed by atoms with Gasteiger partial charge < -0.3 is 4.74 Å². The van der Waals surface area contributed by atoms with Gasteiger partial charge in [-0.2, -0.15) is 0 Å². The van der Waals surface area contributed by atoms with Gasteiger partial charge in [0.25, 0.3) is 0 Å². The van der Waals surface area contributed by atoms with Crippen LogP contribution in [0.1, 0.15) is 52.2 Å². The lowest BCUT2D eigenvalue weighted by molar-refractivity contribution is -0.139. The molecule has 2 heteroatoms. The SMILES string of the molecule is CC/C(=C\c1ccccc1C(C)(C)C)COC(C)=O. The lowest BCUT2D eigenvalue weighted by Gasteiger charge is -2.22. The van der Waals surface area contributed by atoms with E-state index in [0.717, 1.165) is 12.0 Å². The van der Waals surface area contributed by atoms with Gasteiger partial charge in [-0.05, 0) is 28.5 Å². The minimum atomic E-state index is -0.233. The predicted octanol–water partition coefficient (Wildman–Crippen LogP) is 4.34. The molecule has 0 saturated heterocycles. The molecule has 0 aromatic heterocycles. The highest BCUT2D eigenvalue weighted by Gasteiger charge is 2.16. The highest BCUT2D eigenvalue weighted by Crippen LogP contribution is 2.27. The maximum Gasteiger partial charge on any atom is 0.302 e. The molecular formula is C17H24O2. The van der Waals surface area contributed by atoms with Crippen LogP contribution in [0.2, 0.25) is 0 Å². The first-order valence-corrected chi connectivity index (χ1v) is 6.77. The number of carbonyl (C=O) groups excluding carboxylic acids is 1. The fourth-order valence-corrected chi connectivity index (χ4v) is 1.97. The summed E-state index contributed by atoms with van der Waals surface area (Å²) in [6.45, 7) is 10.5. The third-order valence-corrected chi connectivity index (χ3v) is 3.04. The number of rotatable bonds is 4. The molecule has 19 heavy (non-hydrogen) atoms. The van der Waals surface area contributed by atoms with E-state index in [-0.39, 0.29) is 11.4 Å². The van der Waals surface area contributed by atoms with Crippen LogP contribution < -0.4 is 0 Å². The summed E-state index contributed by atoms with van der Waals surface area (Å²) in [5, 5.41) is 0. The molecule has 1 aromatic carbocycles. The summed E-state index contributed by atoms with van der Waals surface area (Å²) < 4.78 is 5.09. The summed E-state index contributed by atoms with van der Waals surface area (Å²) in [7, 11) is 0. The minimum absolute atomic E-state index is 0.105. The van der Waals surface area contributed by atoms with Crippen LogP contribution in [0, 0.1) is 0 Å². The molecule has 0 spiro atoms. The van der Waals surface area contributed by atoms with Gasteiger partial charge in [0, 0.05) is 6.92 Å². The fraction of sp³-hybridized carbons (Fsp3) is 0.471. The van der Waals surface area contributed by atoms with Crippen molar-refractivity contribution < 1.29 is 9.53 Å². The molecule has 0 N–H and O–H groups in total. The van der Waals surface area contributed by atoms with Gasteiger partial charge in [-0.3, -0.25) is 4.79 Å². The van der Waals surface area contributed by atoms with Crippen molar-refractivity contribution in [2.24, 2.45) is 0 Å². The zero-order valence-electron chi connectivity index (χ0n) is 12.6. The summed E-state index contributed by atoms with van der Waals surface area (Å²) in [4.78, 5) is 10.9. The molecule has 0 unspecified atom stereocenters. The van der Waals surface area contributed by atoms with E-state index in [0.29, 0.717) is 6.61 Å². The first-order chi connectivity index (χ1) is 8.84. The zero-order valence-corrected chi connectivity index (χ0v) is 12.6. The predicted molar refractivity (Wildman–Crippen MR) is 80.0 cm³/mol. The van der Waals surface area contributed by atoms with Crippen LogP contribution in [0.3, 0.4) is 0 Å². The quantitative estimate of drug-likeness (QED) is 0.753. The highest BCUT2D eigenvalue weighted by atomic mass is 16.5. The molecule has 0 heterocycles. The summed E-state index contributed by atoms with van der Waals surface area (Å²) in [6, 6.07) is 8.38. The molecule has 0 aliphatic carbocycles.